The summed E-state index contributed by atoms with van der Waals surface area (Å²) in [6.07, 6.45) is 0.738. The average Bonchev–Trinajstić information content (AvgIpc) is 2.87. The Hall–Kier alpha value is -1.59. The molecule has 1 aromatic heterocycles. The van der Waals surface area contributed by atoms with Crippen molar-refractivity contribution in [2.24, 2.45) is 0 Å². The third-order valence-electron chi connectivity index (χ3n) is 2.39. The number of nitrogens with zero attached hydrogens (tertiary/aromatic N) is 1. The Labute approximate surface area is 110 Å². The molecule has 1 aromatic carbocycles. The molecule has 96 valence electrons. The van der Waals surface area contributed by atoms with Gasteiger partial charge in [0.2, 0.25) is 0 Å². The molecule has 0 aliphatic rings. The predicted molar refractivity (Wildman–Crippen MR) is 70.2 cm³/mol. The smallest absolute Gasteiger partial charge is 0.123 e. The van der Waals surface area contributed by atoms with Gasteiger partial charge in [-0.25, -0.2) is 4.98 Å². The molecule has 0 saturated carbocycles. The van der Waals surface area contributed by atoms with Gasteiger partial charge in [-0.3, -0.25) is 0 Å². The van der Waals surface area contributed by atoms with E-state index >= 15 is 0 Å². The van der Waals surface area contributed by atoms with E-state index in [4.69, 9.17) is 14.6 Å². The molecule has 0 aliphatic heterocycles. The Morgan fingerprint density at radius 2 is 2.17 bits per heavy atom. The van der Waals surface area contributed by atoms with Gasteiger partial charge in [-0.2, -0.15) is 0 Å². The first-order valence-electron chi connectivity index (χ1n) is 5.63. The van der Waals surface area contributed by atoms with Gasteiger partial charge < -0.3 is 14.6 Å². The van der Waals surface area contributed by atoms with E-state index in [1.807, 2.05) is 29.6 Å². The molecule has 5 heteroatoms. The summed E-state index contributed by atoms with van der Waals surface area (Å²) >= 11 is 1.54. The van der Waals surface area contributed by atoms with Crippen LogP contribution in [0, 0.1) is 0 Å². The maximum atomic E-state index is 8.91. The molecule has 0 radical (unpaired) electrons. The first-order valence-corrected chi connectivity index (χ1v) is 6.51. The fourth-order valence-corrected chi connectivity index (χ4v) is 2.25. The number of hydrogen-bond donors (Lipinski definition) is 1. The van der Waals surface area contributed by atoms with Gasteiger partial charge in [0.1, 0.15) is 11.5 Å². The highest BCUT2D eigenvalue weighted by atomic mass is 32.1. The molecule has 18 heavy (non-hydrogen) atoms. The molecule has 0 fully saturated rings. The Morgan fingerprint density at radius 1 is 1.33 bits per heavy atom. The van der Waals surface area contributed by atoms with Crippen LogP contribution in [0.1, 0.15) is 10.7 Å². The molecule has 0 bridgehead atoms. The van der Waals surface area contributed by atoms with Gasteiger partial charge >= 0.3 is 0 Å². The largest absolute Gasteiger partial charge is 0.497 e. The van der Waals surface area contributed by atoms with E-state index in [1.165, 1.54) is 0 Å². The predicted octanol–water partition coefficient (Wildman–Crippen LogP) is 2.27. The monoisotopic (exact) mass is 265 g/mol. The van der Waals surface area contributed by atoms with E-state index in [9.17, 15) is 0 Å². The molecule has 0 aliphatic carbocycles. The van der Waals surface area contributed by atoms with E-state index in [2.05, 4.69) is 4.98 Å². The Balaban J connectivity index is 1.84. The van der Waals surface area contributed by atoms with Crippen LogP contribution in [0.25, 0.3) is 0 Å². The number of aliphatic hydroxyl groups is 1. The van der Waals surface area contributed by atoms with Gasteiger partial charge in [-0.1, -0.05) is 6.07 Å². The number of aliphatic hydroxyl groups excluding tert-OH is 1. The zero-order chi connectivity index (χ0) is 12.8. The summed E-state index contributed by atoms with van der Waals surface area (Å²) in [5.41, 5.74) is 0.719. The van der Waals surface area contributed by atoms with Gasteiger partial charge in [0, 0.05) is 17.9 Å². The van der Waals surface area contributed by atoms with Crippen LogP contribution in [0.3, 0.4) is 0 Å². The molecule has 2 aromatic rings. The molecule has 0 amide bonds. The zero-order valence-electron chi connectivity index (χ0n) is 10.1. The second kappa shape index (κ2) is 6.37. The SMILES string of the molecule is COc1cccc(OCCc2nc(CO)cs2)c1. The summed E-state index contributed by atoms with van der Waals surface area (Å²) in [5, 5.41) is 11.7. The van der Waals surface area contributed by atoms with Crippen LogP contribution in [-0.4, -0.2) is 23.8 Å². The van der Waals surface area contributed by atoms with Crippen molar-refractivity contribution in [1.82, 2.24) is 4.98 Å². The molecule has 4 nitrogen and oxygen atoms in total. The summed E-state index contributed by atoms with van der Waals surface area (Å²) < 4.78 is 10.7. The van der Waals surface area contributed by atoms with E-state index in [-0.39, 0.29) is 6.61 Å². The van der Waals surface area contributed by atoms with Crippen LogP contribution in [0.15, 0.2) is 29.6 Å². The van der Waals surface area contributed by atoms with Crippen LogP contribution < -0.4 is 9.47 Å². The summed E-state index contributed by atoms with van der Waals surface area (Å²) in [6, 6.07) is 7.51. The van der Waals surface area contributed by atoms with E-state index in [0.717, 1.165) is 28.6 Å². The maximum Gasteiger partial charge on any atom is 0.123 e. The van der Waals surface area contributed by atoms with E-state index in [1.54, 1.807) is 18.4 Å². The van der Waals surface area contributed by atoms with Crippen LogP contribution in [0.5, 0.6) is 11.5 Å². The minimum absolute atomic E-state index is 0.00671. The lowest BCUT2D eigenvalue weighted by Crippen LogP contribution is -2.01. The van der Waals surface area contributed by atoms with Gasteiger partial charge in [-0.15, -0.1) is 11.3 Å². The topological polar surface area (TPSA) is 51.6 Å². The van der Waals surface area contributed by atoms with Gasteiger partial charge in [0.05, 0.1) is 31.0 Å². The second-order valence-electron chi connectivity index (χ2n) is 3.67. The Kier molecular flexibility index (Phi) is 4.55. The number of rotatable bonds is 6. The third-order valence-corrected chi connectivity index (χ3v) is 3.34. The molecule has 1 heterocycles. The summed E-state index contributed by atoms with van der Waals surface area (Å²) in [5.74, 6) is 1.57. The van der Waals surface area contributed by atoms with Crippen molar-refractivity contribution in [3.63, 3.8) is 0 Å². The first-order chi connectivity index (χ1) is 8.81. The highest BCUT2D eigenvalue weighted by Gasteiger charge is 2.02. The van der Waals surface area contributed by atoms with Crippen molar-refractivity contribution in [1.29, 1.82) is 0 Å². The highest BCUT2D eigenvalue weighted by molar-refractivity contribution is 7.09. The number of hydrogen-bond acceptors (Lipinski definition) is 5. The summed E-state index contributed by atoms with van der Waals surface area (Å²) in [7, 11) is 1.63. The number of benzene rings is 1. The third kappa shape index (κ3) is 3.45. The van der Waals surface area contributed by atoms with Crippen molar-refractivity contribution < 1.29 is 14.6 Å². The lowest BCUT2D eigenvalue weighted by atomic mass is 10.3. The molecule has 0 spiro atoms. The summed E-state index contributed by atoms with van der Waals surface area (Å²) in [6.45, 7) is 0.554. The van der Waals surface area contributed by atoms with E-state index < -0.39 is 0 Å². The molecular weight excluding hydrogens is 250 g/mol. The fourth-order valence-electron chi connectivity index (χ4n) is 1.48. The first kappa shape index (κ1) is 12.9. The molecule has 0 unspecified atom stereocenters. The van der Waals surface area contributed by atoms with E-state index in [0.29, 0.717) is 6.61 Å². The van der Waals surface area contributed by atoms with Gasteiger partial charge in [0.15, 0.2) is 0 Å². The van der Waals surface area contributed by atoms with Crippen LogP contribution >= 0.6 is 11.3 Å². The highest BCUT2D eigenvalue weighted by Crippen LogP contribution is 2.19. The Morgan fingerprint density at radius 3 is 2.89 bits per heavy atom. The van der Waals surface area contributed by atoms with Crippen LogP contribution in [0.2, 0.25) is 0 Å². The molecule has 0 atom stereocenters. The number of ether oxygens (including phenoxy) is 2. The van der Waals surface area contributed by atoms with Crippen LogP contribution in [-0.2, 0) is 13.0 Å². The van der Waals surface area contributed by atoms with Crippen molar-refractivity contribution in [2.45, 2.75) is 13.0 Å². The van der Waals surface area contributed by atoms with Crippen molar-refractivity contribution in [3.05, 3.63) is 40.3 Å². The summed E-state index contributed by atoms with van der Waals surface area (Å²) in [4.78, 5) is 4.26. The fraction of sp³-hybridized carbons (Fsp3) is 0.308. The van der Waals surface area contributed by atoms with Gasteiger partial charge in [0.25, 0.3) is 0 Å². The Bertz CT molecular complexity index is 498. The molecule has 1 N–H and O–H groups in total. The minimum atomic E-state index is -0.00671. The average molecular weight is 265 g/mol. The lowest BCUT2D eigenvalue weighted by molar-refractivity contribution is 0.277. The van der Waals surface area contributed by atoms with Crippen molar-refractivity contribution >= 4 is 11.3 Å². The zero-order valence-corrected chi connectivity index (χ0v) is 10.9. The molecular formula is C13H15NO3S. The normalized spacial score (nSPS) is 10.3. The number of aromatic nitrogens is 1. The molecule has 2 rings (SSSR count). The number of methoxy groups -OCH3 is 1. The van der Waals surface area contributed by atoms with Gasteiger partial charge in [-0.05, 0) is 12.1 Å². The quantitative estimate of drug-likeness (QED) is 0.870. The van der Waals surface area contributed by atoms with Crippen molar-refractivity contribution in [2.75, 3.05) is 13.7 Å². The van der Waals surface area contributed by atoms with Crippen molar-refractivity contribution in [3.8, 4) is 11.5 Å². The number of thiazole rings is 1. The van der Waals surface area contributed by atoms with Crippen LogP contribution in [0.4, 0.5) is 0 Å². The minimum Gasteiger partial charge on any atom is -0.497 e. The maximum absolute atomic E-state index is 8.91. The standard InChI is InChI=1S/C13H15NO3S/c1-16-11-3-2-4-12(7-11)17-6-5-13-14-10(8-15)9-18-13/h2-4,7,9,15H,5-6,8H2,1H3. The lowest BCUT2D eigenvalue weighted by Gasteiger charge is -2.06. The second-order valence-corrected chi connectivity index (χ2v) is 4.61. The molecule has 0 saturated heterocycles.